The molecule has 19 heavy (non-hydrogen) atoms. The van der Waals surface area contributed by atoms with Gasteiger partial charge in [-0.25, -0.2) is 0 Å². The summed E-state index contributed by atoms with van der Waals surface area (Å²) < 4.78 is 5.32. The lowest BCUT2D eigenvalue weighted by Gasteiger charge is -1.99. The van der Waals surface area contributed by atoms with Crippen LogP contribution in [0.2, 0.25) is 0 Å². The van der Waals surface area contributed by atoms with E-state index in [1.54, 1.807) is 30.3 Å². The van der Waals surface area contributed by atoms with Crippen molar-refractivity contribution in [1.82, 2.24) is 0 Å². The summed E-state index contributed by atoms with van der Waals surface area (Å²) >= 11 is 0. The summed E-state index contributed by atoms with van der Waals surface area (Å²) in [6.45, 7) is 0. The summed E-state index contributed by atoms with van der Waals surface area (Å²) in [5, 5.41) is 11.7. The minimum Gasteiger partial charge on any atom is -0.400 e. The second-order valence-electron chi connectivity index (χ2n) is 4.13. The maximum atomic E-state index is 11.1. The van der Waals surface area contributed by atoms with Crippen LogP contribution >= 0.6 is 0 Å². The molecule has 0 saturated carbocycles. The lowest BCUT2D eigenvalue weighted by atomic mass is 10.0. The number of benzene rings is 2. The standard InChI is InChI=1S/C14H10N2O3/c15-10-7-4-8-11-13(10)12(14(19-11)16(17)18)9-5-2-1-3-6-9/h1-8H,15H2. The van der Waals surface area contributed by atoms with Crippen LogP contribution in [0.4, 0.5) is 11.6 Å². The molecule has 5 heteroatoms. The van der Waals surface area contributed by atoms with Crippen LogP contribution in [-0.4, -0.2) is 4.92 Å². The molecule has 0 unspecified atom stereocenters. The van der Waals surface area contributed by atoms with Crippen LogP contribution in [0.25, 0.3) is 22.1 Å². The minimum atomic E-state index is -0.526. The predicted octanol–water partition coefficient (Wildman–Crippen LogP) is 3.59. The van der Waals surface area contributed by atoms with Gasteiger partial charge in [0.2, 0.25) is 0 Å². The average Bonchev–Trinajstić information content (AvgIpc) is 2.81. The molecule has 5 nitrogen and oxygen atoms in total. The third-order valence-electron chi connectivity index (χ3n) is 2.96. The SMILES string of the molecule is Nc1cccc2oc([N+](=O)[O-])c(-c3ccccc3)c12. The zero-order valence-electron chi connectivity index (χ0n) is 9.87. The molecule has 94 valence electrons. The summed E-state index contributed by atoms with van der Waals surface area (Å²) in [5.74, 6) is -0.279. The van der Waals surface area contributed by atoms with E-state index in [1.165, 1.54) is 0 Å². The highest BCUT2D eigenvalue weighted by Gasteiger charge is 2.26. The molecule has 0 amide bonds. The van der Waals surface area contributed by atoms with Crippen LogP contribution in [0.5, 0.6) is 0 Å². The number of fused-ring (bicyclic) bond motifs is 1. The normalized spacial score (nSPS) is 10.7. The molecule has 1 aromatic heterocycles. The number of nitrogens with zero attached hydrogens (tertiary/aromatic N) is 1. The van der Waals surface area contributed by atoms with E-state index < -0.39 is 4.92 Å². The van der Waals surface area contributed by atoms with Crippen molar-refractivity contribution in [3.63, 3.8) is 0 Å². The molecule has 0 bridgehead atoms. The number of nitrogen functional groups attached to an aromatic ring is 1. The molecular formula is C14H10N2O3. The van der Waals surface area contributed by atoms with Gasteiger partial charge < -0.3 is 10.2 Å². The molecule has 3 rings (SSSR count). The summed E-state index contributed by atoms with van der Waals surface area (Å²) in [7, 11) is 0. The van der Waals surface area contributed by atoms with Gasteiger partial charge in [-0.3, -0.25) is 10.1 Å². The minimum absolute atomic E-state index is 0.279. The number of rotatable bonds is 2. The molecule has 2 N–H and O–H groups in total. The van der Waals surface area contributed by atoms with Gasteiger partial charge in [0.15, 0.2) is 0 Å². The molecule has 1 heterocycles. The van der Waals surface area contributed by atoms with E-state index in [0.717, 1.165) is 0 Å². The Labute approximate surface area is 108 Å². The molecule has 0 radical (unpaired) electrons. The van der Waals surface area contributed by atoms with Gasteiger partial charge in [-0.05, 0) is 17.7 Å². The summed E-state index contributed by atoms with van der Waals surface area (Å²) in [6.07, 6.45) is 0. The fourth-order valence-electron chi connectivity index (χ4n) is 2.16. The molecule has 0 saturated heterocycles. The molecule has 3 aromatic rings. The van der Waals surface area contributed by atoms with Crippen molar-refractivity contribution in [2.75, 3.05) is 5.73 Å². The van der Waals surface area contributed by atoms with Crippen LogP contribution in [0.1, 0.15) is 0 Å². The Morgan fingerprint density at radius 1 is 1.05 bits per heavy atom. The van der Waals surface area contributed by atoms with Gasteiger partial charge in [0.1, 0.15) is 16.1 Å². The highest BCUT2D eigenvalue weighted by molar-refractivity contribution is 6.05. The van der Waals surface area contributed by atoms with E-state index in [9.17, 15) is 10.1 Å². The van der Waals surface area contributed by atoms with Crippen molar-refractivity contribution >= 4 is 22.5 Å². The van der Waals surface area contributed by atoms with Crippen LogP contribution in [0.15, 0.2) is 52.9 Å². The zero-order chi connectivity index (χ0) is 13.4. The van der Waals surface area contributed by atoms with E-state index in [-0.39, 0.29) is 5.88 Å². The molecule has 2 aromatic carbocycles. The van der Waals surface area contributed by atoms with Crippen molar-refractivity contribution in [3.05, 3.63) is 58.6 Å². The van der Waals surface area contributed by atoms with Gasteiger partial charge in [-0.1, -0.05) is 36.4 Å². The fraction of sp³-hybridized carbons (Fsp3) is 0. The second kappa shape index (κ2) is 4.13. The smallest absolute Gasteiger partial charge is 0.400 e. The highest BCUT2D eigenvalue weighted by Crippen LogP contribution is 2.41. The fourth-order valence-corrected chi connectivity index (χ4v) is 2.16. The van der Waals surface area contributed by atoms with Crippen molar-refractivity contribution in [1.29, 1.82) is 0 Å². The summed E-state index contributed by atoms with van der Waals surface area (Å²) in [4.78, 5) is 10.6. The Morgan fingerprint density at radius 2 is 1.79 bits per heavy atom. The Morgan fingerprint density at radius 3 is 2.47 bits per heavy atom. The van der Waals surface area contributed by atoms with Crippen molar-refractivity contribution in [2.24, 2.45) is 0 Å². The van der Waals surface area contributed by atoms with Crippen molar-refractivity contribution in [2.45, 2.75) is 0 Å². The van der Waals surface area contributed by atoms with Crippen LogP contribution in [-0.2, 0) is 0 Å². The quantitative estimate of drug-likeness (QED) is 0.430. The Balaban J connectivity index is 2.44. The topological polar surface area (TPSA) is 82.3 Å². The maximum Gasteiger partial charge on any atom is 0.442 e. The van der Waals surface area contributed by atoms with Crippen molar-refractivity contribution < 1.29 is 9.34 Å². The highest BCUT2D eigenvalue weighted by atomic mass is 16.6. The first kappa shape index (κ1) is 11.3. The van der Waals surface area contributed by atoms with Crippen LogP contribution < -0.4 is 5.73 Å². The Bertz CT molecular complexity index is 763. The third-order valence-corrected chi connectivity index (χ3v) is 2.96. The Hall–Kier alpha value is -2.82. The molecule has 0 aliphatic rings. The van der Waals surface area contributed by atoms with Gasteiger partial charge in [-0.2, -0.15) is 0 Å². The molecule has 0 atom stereocenters. The summed E-state index contributed by atoms with van der Waals surface area (Å²) in [5.41, 5.74) is 7.96. The largest absolute Gasteiger partial charge is 0.442 e. The molecular weight excluding hydrogens is 244 g/mol. The number of anilines is 1. The van der Waals surface area contributed by atoms with Gasteiger partial charge in [0, 0.05) is 5.69 Å². The average molecular weight is 254 g/mol. The summed E-state index contributed by atoms with van der Waals surface area (Å²) in [6, 6.07) is 14.2. The van der Waals surface area contributed by atoms with Crippen molar-refractivity contribution in [3.8, 4) is 11.1 Å². The van der Waals surface area contributed by atoms with Gasteiger partial charge in [0.25, 0.3) is 0 Å². The van der Waals surface area contributed by atoms with Gasteiger partial charge >= 0.3 is 5.88 Å². The maximum absolute atomic E-state index is 11.1. The zero-order valence-corrected chi connectivity index (χ0v) is 9.87. The third kappa shape index (κ3) is 1.72. The number of hydrogen-bond donors (Lipinski definition) is 1. The van der Waals surface area contributed by atoms with Gasteiger partial charge in [-0.15, -0.1) is 0 Å². The van der Waals surface area contributed by atoms with E-state index >= 15 is 0 Å². The predicted molar refractivity (Wildman–Crippen MR) is 72.7 cm³/mol. The first-order chi connectivity index (χ1) is 9.18. The van der Waals surface area contributed by atoms with E-state index in [0.29, 0.717) is 27.8 Å². The van der Waals surface area contributed by atoms with Crippen LogP contribution in [0, 0.1) is 10.1 Å². The molecule has 0 aliphatic carbocycles. The molecule has 0 spiro atoms. The van der Waals surface area contributed by atoms with Gasteiger partial charge in [0.05, 0.1) is 5.39 Å². The number of nitrogens with two attached hydrogens (primary N) is 1. The lowest BCUT2D eigenvalue weighted by Crippen LogP contribution is -1.90. The monoisotopic (exact) mass is 254 g/mol. The first-order valence-corrected chi connectivity index (χ1v) is 5.69. The molecule has 0 aliphatic heterocycles. The first-order valence-electron chi connectivity index (χ1n) is 5.69. The van der Waals surface area contributed by atoms with Crippen LogP contribution in [0.3, 0.4) is 0 Å². The van der Waals surface area contributed by atoms with E-state index in [1.807, 2.05) is 18.2 Å². The lowest BCUT2D eigenvalue weighted by molar-refractivity contribution is -0.400. The van der Waals surface area contributed by atoms with E-state index in [4.69, 9.17) is 10.2 Å². The van der Waals surface area contributed by atoms with E-state index in [2.05, 4.69) is 0 Å². The number of hydrogen-bond acceptors (Lipinski definition) is 4. The number of nitro groups is 1. The number of furan rings is 1. The Kier molecular flexibility index (Phi) is 2.45. The second-order valence-corrected chi connectivity index (χ2v) is 4.13. The molecule has 0 fully saturated rings.